The van der Waals surface area contributed by atoms with Gasteiger partial charge in [0.25, 0.3) is 0 Å². The largest absolute Gasteiger partial charge is 0.398 e. The predicted molar refractivity (Wildman–Crippen MR) is 67.8 cm³/mol. The maximum Gasteiger partial charge on any atom is 0.0740 e. The Morgan fingerprint density at radius 3 is 2.88 bits per heavy atom. The number of halogens is 1. The molecule has 1 aliphatic rings. The Morgan fingerprint density at radius 1 is 1.56 bits per heavy atom. The summed E-state index contributed by atoms with van der Waals surface area (Å²) in [6.07, 6.45) is 2.03. The van der Waals surface area contributed by atoms with Gasteiger partial charge in [-0.05, 0) is 43.4 Å². The summed E-state index contributed by atoms with van der Waals surface area (Å²) < 4.78 is 0. The zero-order valence-corrected chi connectivity index (χ0v) is 10.1. The Hall–Kier alpha value is -0.930. The molecule has 0 heterocycles. The number of nitrogens with one attached hydrogen (secondary N) is 1. The molecule has 0 bridgehead atoms. The van der Waals surface area contributed by atoms with Crippen molar-refractivity contribution in [2.45, 2.75) is 25.9 Å². The molecule has 4 heteroatoms. The first kappa shape index (κ1) is 11.6. The van der Waals surface area contributed by atoms with Gasteiger partial charge in [-0.2, -0.15) is 0 Å². The van der Waals surface area contributed by atoms with Crippen LogP contribution in [0.5, 0.6) is 0 Å². The van der Waals surface area contributed by atoms with Crippen LogP contribution in [0.2, 0.25) is 5.02 Å². The van der Waals surface area contributed by atoms with Gasteiger partial charge in [0, 0.05) is 12.2 Å². The third-order valence-corrected chi connectivity index (χ3v) is 3.34. The number of hydrogen-bond donors (Lipinski definition) is 3. The second kappa shape index (κ2) is 4.52. The standard InChI is InChI=1S/C12H17ClN2O/c1-7-4-10(14)9(13)5-11(7)15-6-12(16)8-2-3-8/h4-5,8,12,15-16H,2-3,6,14H2,1H3. The van der Waals surface area contributed by atoms with Gasteiger partial charge < -0.3 is 16.2 Å². The summed E-state index contributed by atoms with van der Waals surface area (Å²) in [5.41, 5.74) is 8.27. The van der Waals surface area contributed by atoms with E-state index in [1.54, 1.807) is 0 Å². The Balaban J connectivity index is 2.00. The molecule has 0 aliphatic heterocycles. The molecule has 0 spiro atoms. The maximum atomic E-state index is 9.74. The molecule has 0 radical (unpaired) electrons. The van der Waals surface area contributed by atoms with E-state index >= 15 is 0 Å². The summed E-state index contributed by atoms with van der Waals surface area (Å²) in [7, 11) is 0. The van der Waals surface area contributed by atoms with Crippen LogP contribution in [0.25, 0.3) is 0 Å². The van der Waals surface area contributed by atoms with Crippen molar-refractivity contribution in [3.63, 3.8) is 0 Å². The van der Waals surface area contributed by atoms with Crippen molar-refractivity contribution in [1.82, 2.24) is 0 Å². The molecule has 1 aromatic carbocycles. The van der Waals surface area contributed by atoms with Crippen molar-refractivity contribution >= 4 is 23.0 Å². The number of aryl methyl sites for hydroxylation is 1. The fraction of sp³-hybridized carbons (Fsp3) is 0.500. The minimum Gasteiger partial charge on any atom is -0.398 e. The second-order valence-corrected chi connectivity index (χ2v) is 4.88. The van der Waals surface area contributed by atoms with Gasteiger partial charge in [-0.15, -0.1) is 0 Å². The highest BCUT2D eigenvalue weighted by molar-refractivity contribution is 6.33. The number of nitrogens with two attached hydrogens (primary N) is 1. The van der Waals surface area contributed by atoms with Crippen LogP contribution < -0.4 is 11.1 Å². The molecular formula is C12H17ClN2O. The molecule has 1 aliphatic carbocycles. The second-order valence-electron chi connectivity index (χ2n) is 4.47. The maximum absolute atomic E-state index is 9.74. The average molecular weight is 241 g/mol. The molecule has 0 saturated heterocycles. The van der Waals surface area contributed by atoms with E-state index in [4.69, 9.17) is 17.3 Å². The lowest BCUT2D eigenvalue weighted by molar-refractivity contribution is 0.164. The monoisotopic (exact) mass is 240 g/mol. The van der Waals surface area contributed by atoms with Gasteiger partial charge in [0.05, 0.1) is 16.8 Å². The Labute approximate surface area is 101 Å². The number of aliphatic hydroxyl groups excluding tert-OH is 1. The van der Waals surface area contributed by atoms with Gasteiger partial charge in [0.2, 0.25) is 0 Å². The minimum absolute atomic E-state index is 0.254. The van der Waals surface area contributed by atoms with Crippen LogP contribution in [0.3, 0.4) is 0 Å². The SMILES string of the molecule is Cc1cc(N)c(Cl)cc1NCC(O)C1CC1. The summed E-state index contributed by atoms with van der Waals surface area (Å²) in [6.45, 7) is 2.55. The van der Waals surface area contributed by atoms with Crippen LogP contribution in [-0.2, 0) is 0 Å². The van der Waals surface area contributed by atoms with Gasteiger partial charge in [0.15, 0.2) is 0 Å². The fourth-order valence-corrected chi connectivity index (χ4v) is 1.92. The summed E-state index contributed by atoms with van der Waals surface area (Å²) in [5.74, 6) is 0.483. The molecule has 1 fully saturated rings. The number of hydrogen-bond acceptors (Lipinski definition) is 3. The van der Waals surface area contributed by atoms with Gasteiger partial charge in [-0.1, -0.05) is 11.6 Å². The first-order valence-electron chi connectivity index (χ1n) is 5.55. The Bertz CT molecular complexity index is 391. The number of rotatable bonds is 4. The molecule has 4 N–H and O–H groups in total. The summed E-state index contributed by atoms with van der Waals surface area (Å²) in [5, 5.41) is 13.5. The molecule has 16 heavy (non-hydrogen) atoms. The minimum atomic E-state index is -0.254. The van der Waals surface area contributed by atoms with E-state index in [0.29, 0.717) is 23.2 Å². The number of benzene rings is 1. The molecule has 1 unspecified atom stereocenters. The van der Waals surface area contributed by atoms with E-state index < -0.39 is 0 Å². The van der Waals surface area contributed by atoms with E-state index in [9.17, 15) is 5.11 Å². The Morgan fingerprint density at radius 2 is 2.25 bits per heavy atom. The van der Waals surface area contributed by atoms with Gasteiger partial charge in [0.1, 0.15) is 0 Å². The highest BCUT2D eigenvalue weighted by Crippen LogP contribution is 2.33. The van der Waals surface area contributed by atoms with Crippen molar-refractivity contribution in [3.8, 4) is 0 Å². The van der Waals surface area contributed by atoms with Crippen LogP contribution in [-0.4, -0.2) is 17.8 Å². The van der Waals surface area contributed by atoms with E-state index in [1.807, 2.05) is 19.1 Å². The lowest BCUT2D eigenvalue weighted by Crippen LogP contribution is -2.21. The molecular weight excluding hydrogens is 224 g/mol. The molecule has 2 rings (SSSR count). The van der Waals surface area contributed by atoms with Crippen LogP contribution in [0.1, 0.15) is 18.4 Å². The normalized spacial score (nSPS) is 17.2. The van der Waals surface area contributed by atoms with Crippen molar-refractivity contribution < 1.29 is 5.11 Å². The van der Waals surface area contributed by atoms with Crippen molar-refractivity contribution in [1.29, 1.82) is 0 Å². The third-order valence-electron chi connectivity index (χ3n) is 3.01. The van der Waals surface area contributed by atoms with Crippen molar-refractivity contribution in [2.24, 2.45) is 5.92 Å². The lowest BCUT2D eigenvalue weighted by Gasteiger charge is -2.14. The molecule has 3 nitrogen and oxygen atoms in total. The van der Waals surface area contributed by atoms with Crippen LogP contribution in [0.15, 0.2) is 12.1 Å². The molecule has 1 aromatic rings. The molecule has 0 amide bonds. The van der Waals surface area contributed by atoms with E-state index in [0.717, 1.165) is 24.1 Å². The quantitative estimate of drug-likeness (QED) is 0.709. The van der Waals surface area contributed by atoms with Crippen molar-refractivity contribution in [3.05, 3.63) is 22.7 Å². The molecule has 1 saturated carbocycles. The van der Waals surface area contributed by atoms with Crippen molar-refractivity contribution in [2.75, 3.05) is 17.6 Å². The van der Waals surface area contributed by atoms with Gasteiger partial charge in [-0.3, -0.25) is 0 Å². The first-order chi connectivity index (χ1) is 7.58. The predicted octanol–water partition coefficient (Wildman–Crippen LogP) is 2.41. The van der Waals surface area contributed by atoms with Crippen LogP contribution >= 0.6 is 11.6 Å². The molecule has 1 atom stereocenters. The Kier molecular flexibility index (Phi) is 3.26. The third kappa shape index (κ3) is 2.60. The molecule has 88 valence electrons. The smallest absolute Gasteiger partial charge is 0.0740 e. The summed E-state index contributed by atoms with van der Waals surface area (Å²) >= 11 is 5.95. The zero-order chi connectivity index (χ0) is 11.7. The van der Waals surface area contributed by atoms with Crippen LogP contribution in [0, 0.1) is 12.8 Å². The molecule has 0 aromatic heterocycles. The highest BCUT2D eigenvalue weighted by atomic mass is 35.5. The summed E-state index contributed by atoms with van der Waals surface area (Å²) in [6, 6.07) is 3.65. The van der Waals surface area contributed by atoms with E-state index in [2.05, 4.69) is 5.32 Å². The zero-order valence-electron chi connectivity index (χ0n) is 9.33. The highest BCUT2D eigenvalue weighted by Gasteiger charge is 2.29. The van der Waals surface area contributed by atoms with E-state index in [1.165, 1.54) is 0 Å². The first-order valence-corrected chi connectivity index (χ1v) is 5.93. The summed E-state index contributed by atoms with van der Waals surface area (Å²) in [4.78, 5) is 0. The number of nitrogen functional groups attached to an aromatic ring is 1. The van der Waals surface area contributed by atoms with Gasteiger partial charge in [-0.25, -0.2) is 0 Å². The topological polar surface area (TPSA) is 58.3 Å². The lowest BCUT2D eigenvalue weighted by atomic mass is 10.1. The van der Waals surface area contributed by atoms with E-state index in [-0.39, 0.29) is 6.10 Å². The average Bonchev–Trinajstić information content (AvgIpc) is 3.04. The number of anilines is 2. The van der Waals surface area contributed by atoms with Crippen LogP contribution in [0.4, 0.5) is 11.4 Å². The number of aliphatic hydroxyl groups is 1. The van der Waals surface area contributed by atoms with Gasteiger partial charge >= 0.3 is 0 Å². The fourth-order valence-electron chi connectivity index (χ4n) is 1.76.